The number of carbonyl (C=O) groups excluding carboxylic acids is 1. The van der Waals surface area contributed by atoms with Crippen molar-refractivity contribution in [3.05, 3.63) is 65.4 Å². The van der Waals surface area contributed by atoms with Gasteiger partial charge in [0.1, 0.15) is 11.4 Å². The number of amides is 1. The van der Waals surface area contributed by atoms with Gasteiger partial charge in [-0.15, -0.1) is 5.10 Å². The van der Waals surface area contributed by atoms with Gasteiger partial charge in [-0.1, -0.05) is 43.3 Å². The smallest absolute Gasteiger partial charge is 0.294 e. The second-order valence-electron chi connectivity index (χ2n) is 8.56. The molecular formula is C25H28N8O3. The van der Waals surface area contributed by atoms with Crippen LogP contribution in [0.25, 0.3) is 17.1 Å². The maximum absolute atomic E-state index is 13.1. The Morgan fingerprint density at radius 1 is 1.14 bits per heavy atom. The van der Waals surface area contributed by atoms with E-state index in [4.69, 9.17) is 15.1 Å². The van der Waals surface area contributed by atoms with Crippen molar-refractivity contribution in [1.29, 1.82) is 0 Å². The maximum Gasteiger partial charge on any atom is 0.294 e. The quantitative estimate of drug-likeness (QED) is 0.268. The van der Waals surface area contributed by atoms with Crippen LogP contribution in [0.3, 0.4) is 0 Å². The predicted octanol–water partition coefficient (Wildman–Crippen LogP) is 3.65. The molecule has 4 aromatic rings. The average molecular weight is 489 g/mol. The molecule has 0 bridgehead atoms. The van der Waals surface area contributed by atoms with E-state index in [0.29, 0.717) is 35.2 Å². The third kappa shape index (κ3) is 5.40. The van der Waals surface area contributed by atoms with Crippen LogP contribution in [-0.4, -0.2) is 43.5 Å². The van der Waals surface area contributed by atoms with Gasteiger partial charge in [0.25, 0.3) is 5.91 Å². The average Bonchev–Trinajstić information content (AvgIpc) is 3.49. The highest BCUT2D eigenvalue weighted by Gasteiger charge is 2.25. The highest BCUT2D eigenvalue weighted by molar-refractivity contribution is 6.02. The minimum Gasteiger partial charge on any atom is -0.494 e. The fourth-order valence-corrected chi connectivity index (χ4v) is 3.66. The largest absolute Gasteiger partial charge is 0.494 e. The molecule has 0 radical (unpaired) electrons. The summed E-state index contributed by atoms with van der Waals surface area (Å²) in [6, 6.07) is 15.3. The summed E-state index contributed by atoms with van der Waals surface area (Å²) in [6.45, 7) is 8.62. The number of anilines is 1. The van der Waals surface area contributed by atoms with Crippen LogP contribution >= 0.6 is 0 Å². The molecular weight excluding hydrogens is 460 g/mol. The van der Waals surface area contributed by atoms with Crippen LogP contribution in [0.5, 0.6) is 5.75 Å². The normalized spacial score (nSPS) is 11.6. The summed E-state index contributed by atoms with van der Waals surface area (Å²) in [7, 11) is 0. The lowest BCUT2D eigenvalue weighted by atomic mass is 10.0. The molecule has 0 unspecified atom stereocenters. The first kappa shape index (κ1) is 24.6. The van der Waals surface area contributed by atoms with Crippen LogP contribution in [0.4, 0.5) is 5.82 Å². The van der Waals surface area contributed by atoms with Gasteiger partial charge in [0.05, 0.1) is 12.3 Å². The maximum atomic E-state index is 13.1. The van der Waals surface area contributed by atoms with Gasteiger partial charge < -0.3 is 10.5 Å². The summed E-state index contributed by atoms with van der Waals surface area (Å²) < 4.78 is 11.5. The van der Waals surface area contributed by atoms with E-state index < -0.39 is 5.91 Å². The van der Waals surface area contributed by atoms with Gasteiger partial charge in [-0.3, -0.25) is 4.79 Å². The van der Waals surface area contributed by atoms with Crippen LogP contribution in [0.2, 0.25) is 0 Å². The van der Waals surface area contributed by atoms with Gasteiger partial charge in [-0.05, 0) is 71.9 Å². The van der Waals surface area contributed by atoms with Gasteiger partial charge in [0, 0.05) is 5.56 Å². The zero-order chi connectivity index (χ0) is 25.7. The molecule has 0 spiro atoms. The monoisotopic (exact) mass is 488 g/mol. The van der Waals surface area contributed by atoms with Crippen molar-refractivity contribution < 1.29 is 14.2 Å². The molecule has 2 heterocycles. The summed E-state index contributed by atoms with van der Waals surface area (Å²) in [5.41, 5.74) is 12.3. The van der Waals surface area contributed by atoms with Crippen LogP contribution in [-0.2, 0) is 6.42 Å². The molecule has 3 N–H and O–H groups in total. The van der Waals surface area contributed by atoms with Crippen molar-refractivity contribution >= 4 is 17.4 Å². The second kappa shape index (κ2) is 10.8. The minimum atomic E-state index is -0.545. The summed E-state index contributed by atoms with van der Waals surface area (Å²) in [5.74, 6) is 0.844. The molecule has 0 saturated carbocycles. The number of benzene rings is 2. The Balaban J connectivity index is 1.62. The van der Waals surface area contributed by atoms with Gasteiger partial charge in [-0.25, -0.2) is 10.1 Å². The summed E-state index contributed by atoms with van der Waals surface area (Å²) in [5, 5.41) is 19.8. The number of hydrazone groups is 1. The number of rotatable bonds is 9. The van der Waals surface area contributed by atoms with Gasteiger partial charge >= 0.3 is 0 Å². The number of nitrogens with two attached hydrogens (primary N) is 1. The molecule has 2 aromatic carbocycles. The first-order chi connectivity index (χ1) is 17.4. The van der Waals surface area contributed by atoms with Crippen molar-refractivity contribution in [2.45, 2.75) is 34.1 Å². The molecule has 11 nitrogen and oxygen atoms in total. The third-order valence-corrected chi connectivity index (χ3v) is 5.36. The van der Waals surface area contributed by atoms with Gasteiger partial charge in [0.2, 0.25) is 11.6 Å². The van der Waals surface area contributed by atoms with Crippen molar-refractivity contribution in [3.8, 4) is 22.8 Å². The lowest BCUT2D eigenvalue weighted by molar-refractivity contribution is 0.0950. The number of ether oxygens (including phenoxy) is 1. The summed E-state index contributed by atoms with van der Waals surface area (Å²) in [4.78, 5) is 13.1. The van der Waals surface area contributed by atoms with E-state index in [1.807, 2.05) is 26.0 Å². The first-order valence-electron chi connectivity index (χ1n) is 11.6. The van der Waals surface area contributed by atoms with E-state index in [0.717, 1.165) is 12.0 Å². The molecule has 4 rings (SSSR count). The van der Waals surface area contributed by atoms with Gasteiger partial charge in [0.15, 0.2) is 5.69 Å². The number of aromatic nitrogens is 5. The topological polar surface area (TPSA) is 146 Å². The second-order valence-corrected chi connectivity index (χ2v) is 8.56. The van der Waals surface area contributed by atoms with Crippen molar-refractivity contribution in [2.24, 2.45) is 11.0 Å². The molecule has 0 aliphatic rings. The lowest BCUT2D eigenvalue weighted by Crippen LogP contribution is -2.21. The first-order valence-corrected chi connectivity index (χ1v) is 11.6. The standard InChI is InChI=1S/C25H28N8O3/c1-5-35-20-12-10-19(11-13-20)22-21(28-32-33(22)24-23(26)30-36-31-24)25(34)29-27-16(4)18-8-6-17(7-9-18)14-15(2)3/h6-13,15H,5,14H2,1-4H3,(H2,26,30)(H,29,34)/b27-16-. The number of nitrogen functional groups attached to an aromatic ring is 1. The van der Waals surface area contributed by atoms with Crippen LogP contribution in [0.1, 0.15) is 49.3 Å². The van der Waals surface area contributed by atoms with Crippen LogP contribution < -0.4 is 15.9 Å². The number of nitrogens with one attached hydrogen (secondary N) is 1. The molecule has 0 fully saturated rings. The minimum absolute atomic E-state index is 0.00817. The van der Waals surface area contributed by atoms with Crippen LogP contribution in [0.15, 0.2) is 58.3 Å². The van der Waals surface area contributed by atoms with Crippen molar-refractivity contribution in [1.82, 2.24) is 30.7 Å². The molecule has 0 saturated heterocycles. The Hall–Kier alpha value is -4.54. The van der Waals surface area contributed by atoms with E-state index in [1.54, 1.807) is 24.3 Å². The molecule has 186 valence electrons. The van der Waals surface area contributed by atoms with Crippen molar-refractivity contribution in [2.75, 3.05) is 12.3 Å². The molecule has 36 heavy (non-hydrogen) atoms. The zero-order valence-electron chi connectivity index (χ0n) is 20.6. The van der Waals surface area contributed by atoms with E-state index in [-0.39, 0.29) is 17.3 Å². The highest BCUT2D eigenvalue weighted by atomic mass is 16.6. The van der Waals surface area contributed by atoms with Crippen molar-refractivity contribution in [3.63, 3.8) is 0 Å². The van der Waals surface area contributed by atoms with E-state index in [9.17, 15) is 4.79 Å². The Morgan fingerprint density at radius 2 is 1.86 bits per heavy atom. The number of hydrogen-bond acceptors (Lipinski definition) is 9. The van der Waals surface area contributed by atoms with Crippen LogP contribution in [0, 0.1) is 5.92 Å². The molecule has 0 aliphatic heterocycles. The Morgan fingerprint density at radius 3 is 2.47 bits per heavy atom. The molecule has 11 heteroatoms. The van der Waals surface area contributed by atoms with E-state index in [2.05, 4.69) is 57.1 Å². The Labute approximate surface area is 208 Å². The molecule has 1 amide bonds. The molecule has 0 aliphatic carbocycles. The fourth-order valence-electron chi connectivity index (χ4n) is 3.66. The number of nitrogens with zero attached hydrogens (tertiary/aromatic N) is 6. The Kier molecular flexibility index (Phi) is 7.38. The lowest BCUT2D eigenvalue weighted by Gasteiger charge is -2.08. The Bertz CT molecular complexity index is 1350. The summed E-state index contributed by atoms with van der Waals surface area (Å²) >= 11 is 0. The highest BCUT2D eigenvalue weighted by Crippen LogP contribution is 2.28. The van der Waals surface area contributed by atoms with E-state index >= 15 is 0 Å². The number of hydrogen-bond donors (Lipinski definition) is 2. The molecule has 2 aromatic heterocycles. The summed E-state index contributed by atoms with van der Waals surface area (Å²) in [6.07, 6.45) is 1.00. The third-order valence-electron chi connectivity index (χ3n) is 5.36. The number of carbonyl (C=O) groups is 1. The zero-order valence-corrected chi connectivity index (χ0v) is 20.6. The van der Waals surface area contributed by atoms with E-state index in [1.165, 1.54) is 10.2 Å². The predicted molar refractivity (Wildman–Crippen MR) is 135 cm³/mol. The SMILES string of the molecule is CCOc1ccc(-c2c(C(=O)N/N=C(/C)c3ccc(CC(C)C)cc3)nnn2-c2nonc2N)cc1. The molecule has 0 atom stereocenters. The fraction of sp³-hybridized carbons (Fsp3) is 0.280. The van der Waals surface area contributed by atoms with Gasteiger partial charge in [-0.2, -0.15) is 9.78 Å².